The number of anilines is 1. The molecule has 2 amide bonds. The fraction of sp³-hybridized carbons (Fsp3) is 0.259. The average Bonchev–Trinajstić information content (AvgIpc) is 3.53. The summed E-state index contributed by atoms with van der Waals surface area (Å²) in [4.78, 5) is 19.8. The van der Waals surface area contributed by atoms with Crippen LogP contribution < -0.4 is 19.5 Å². The highest BCUT2D eigenvalue weighted by Gasteiger charge is 2.28. The van der Waals surface area contributed by atoms with E-state index in [1.807, 2.05) is 47.4 Å². The lowest BCUT2D eigenvalue weighted by Gasteiger charge is -2.31. The summed E-state index contributed by atoms with van der Waals surface area (Å²) in [5.74, 6) is 3.46. The fourth-order valence-corrected chi connectivity index (χ4v) is 4.85. The van der Waals surface area contributed by atoms with Crippen molar-refractivity contribution < 1.29 is 19.0 Å². The van der Waals surface area contributed by atoms with Gasteiger partial charge in [-0.25, -0.2) is 9.78 Å². The molecule has 0 atom stereocenters. The molecule has 8 heteroatoms. The summed E-state index contributed by atoms with van der Waals surface area (Å²) in [6.07, 6.45) is 3.76. The molecule has 2 aliphatic rings. The SMILES string of the molecule is COc1cccc(-c2nc(C3CCN(C(=O)Nc4ccc5c(c4)OCO5)CC3)n3ccccc23)c1. The normalized spacial score (nSPS) is 15.4. The molecule has 4 aromatic rings. The van der Waals surface area contributed by atoms with E-state index in [1.165, 1.54) is 0 Å². The lowest BCUT2D eigenvalue weighted by atomic mass is 9.96. The van der Waals surface area contributed by atoms with Gasteiger partial charge in [-0.15, -0.1) is 0 Å². The summed E-state index contributed by atoms with van der Waals surface area (Å²) >= 11 is 0. The number of nitrogens with one attached hydrogen (secondary N) is 1. The van der Waals surface area contributed by atoms with Crippen molar-refractivity contribution in [2.75, 3.05) is 32.3 Å². The number of hydrogen-bond acceptors (Lipinski definition) is 5. The van der Waals surface area contributed by atoms with Crippen molar-refractivity contribution in [1.29, 1.82) is 0 Å². The number of amides is 2. The van der Waals surface area contributed by atoms with E-state index in [0.717, 1.165) is 41.2 Å². The van der Waals surface area contributed by atoms with Crippen molar-refractivity contribution in [2.24, 2.45) is 0 Å². The van der Waals surface area contributed by atoms with E-state index in [1.54, 1.807) is 13.2 Å². The van der Waals surface area contributed by atoms with Crippen molar-refractivity contribution in [1.82, 2.24) is 14.3 Å². The van der Waals surface area contributed by atoms with Crippen LogP contribution in [0.1, 0.15) is 24.6 Å². The van der Waals surface area contributed by atoms with Crippen LogP contribution >= 0.6 is 0 Å². The lowest BCUT2D eigenvalue weighted by molar-refractivity contribution is 0.174. The molecule has 4 heterocycles. The summed E-state index contributed by atoms with van der Waals surface area (Å²) in [6.45, 7) is 1.54. The number of benzene rings is 2. The highest BCUT2D eigenvalue weighted by atomic mass is 16.7. The number of rotatable bonds is 4. The predicted octanol–water partition coefficient (Wildman–Crippen LogP) is 5.15. The Morgan fingerprint density at radius 3 is 2.74 bits per heavy atom. The van der Waals surface area contributed by atoms with Crippen molar-refractivity contribution in [3.05, 3.63) is 72.7 Å². The molecule has 0 saturated carbocycles. The molecule has 2 aliphatic heterocycles. The summed E-state index contributed by atoms with van der Waals surface area (Å²) in [5.41, 5.74) is 3.74. The first-order chi connectivity index (χ1) is 17.2. The second-order valence-electron chi connectivity index (χ2n) is 8.77. The highest BCUT2D eigenvalue weighted by molar-refractivity contribution is 5.90. The zero-order valence-corrected chi connectivity index (χ0v) is 19.4. The Morgan fingerprint density at radius 2 is 1.89 bits per heavy atom. The Labute approximate surface area is 203 Å². The number of ether oxygens (including phenoxy) is 3. The lowest BCUT2D eigenvalue weighted by Crippen LogP contribution is -2.40. The molecule has 0 aliphatic carbocycles. The summed E-state index contributed by atoms with van der Waals surface area (Å²) < 4.78 is 18.4. The molecule has 0 radical (unpaired) electrons. The Morgan fingerprint density at radius 1 is 1.03 bits per heavy atom. The highest BCUT2D eigenvalue weighted by Crippen LogP contribution is 2.36. The van der Waals surface area contributed by atoms with E-state index in [2.05, 4.69) is 28.0 Å². The molecule has 1 fully saturated rings. The number of pyridine rings is 1. The number of urea groups is 1. The van der Waals surface area contributed by atoms with E-state index in [-0.39, 0.29) is 18.7 Å². The number of carbonyl (C=O) groups is 1. The maximum absolute atomic E-state index is 12.9. The third-order valence-electron chi connectivity index (χ3n) is 6.69. The van der Waals surface area contributed by atoms with Crippen LogP contribution in [0.25, 0.3) is 16.8 Å². The van der Waals surface area contributed by atoms with Crippen LogP contribution in [0, 0.1) is 0 Å². The zero-order chi connectivity index (χ0) is 23.8. The standard InChI is InChI=1S/C27H26N4O4/c1-33-21-6-4-5-19(15-21)25-22-7-2-3-12-31(22)26(29-25)18-10-13-30(14-11-18)27(32)28-20-8-9-23-24(16-20)35-17-34-23/h2-9,12,15-16,18H,10-11,13-14,17H2,1H3,(H,28,32). The molecule has 2 aromatic carbocycles. The monoisotopic (exact) mass is 470 g/mol. The Hall–Kier alpha value is -4.20. The third-order valence-corrected chi connectivity index (χ3v) is 6.69. The molecule has 8 nitrogen and oxygen atoms in total. The smallest absolute Gasteiger partial charge is 0.321 e. The number of imidazole rings is 1. The molecule has 0 spiro atoms. The summed E-state index contributed by atoms with van der Waals surface area (Å²) in [5, 5.41) is 2.98. The first kappa shape index (κ1) is 21.3. The minimum absolute atomic E-state index is 0.104. The minimum Gasteiger partial charge on any atom is -0.497 e. The first-order valence-corrected chi connectivity index (χ1v) is 11.8. The van der Waals surface area contributed by atoms with Gasteiger partial charge in [0.05, 0.1) is 18.3 Å². The van der Waals surface area contributed by atoms with Gasteiger partial charge >= 0.3 is 6.03 Å². The second kappa shape index (κ2) is 8.87. The van der Waals surface area contributed by atoms with Gasteiger partial charge in [0, 0.05) is 42.5 Å². The number of nitrogens with zero attached hydrogens (tertiary/aromatic N) is 3. The number of carbonyl (C=O) groups excluding carboxylic acids is 1. The van der Waals surface area contributed by atoms with Crippen LogP contribution in [-0.2, 0) is 0 Å². The van der Waals surface area contributed by atoms with Gasteiger partial charge < -0.3 is 28.8 Å². The van der Waals surface area contributed by atoms with E-state index in [0.29, 0.717) is 30.3 Å². The molecule has 2 aromatic heterocycles. The molecule has 178 valence electrons. The number of aromatic nitrogens is 2. The molecule has 1 N–H and O–H groups in total. The Bertz CT molecular complexity index is 1390. The van der Waals surface area contributed by atoms with Gasteiger partial charge in [-0.1, -0.05) is 18.2 Å². The topological polar surface area (TPSA) is 77.3 Å². The Balaban J connectivity index is 1.18. The molecular formula is C27H26N4O4. The van der Waals surface area contributed by atoms with Crippen molar-refractivity contribution in [2.45, 2.75) is 18.8 Å². The van der Waals surface area contributed by atoms with Crippen LogP contribution in [-0.4, -0.2) is 47.3 Å². The van der Waals surface area contributed by atoms with Gasteiger partial charge in [0.15, 0.2) is 11.5 Å². The maximum atomic E-state index is 12.9. The van der Waals surface area contributed by atoms with Gasteiger partial charge in [-0.05, 0) is 49.2 Å². The largest absolute Gasteiger partial charge is 0.497 e. The Kier molecular flexibility index (Phi) is 5.41. The number of fused-ring (bicyclic) bond motifs is 2. The molecule has 35 heavy (non-hydrogen) atoms. The van der Waals surface area contributed by atoms with Crippen molar-refractivity contribution in [3.63, 3.8) is 0 Å². The number of hydrogen-bond donors (Lipinski definition) is 1. The molecule has 0 bridgehead atoms. The van der Waals surface area contributed by atoms with E-state index < -0.39 is 0 Å². The van der Waals surface area contributed by atoms with E-state index in [4.69, 9.17) is 19.2 Å². The molecular weight excluding hydrogens is 444 g/mol. The van der Waals surface area contributed by atoms with Crippen LogP contribution in [0.15, 0.2) is 66.9 Å². The second-order valence-corrected chi connectivity index (χ2v) is 8.77. The number of methoxy groups -OCH3 is 1. The predicted molar refractivity (Wildman–Crippen MR) is 132 cm³/mol. The first-order valence-electron chi connectivity index (χ1n) is 11.8. The van der Waals surface area contributed by atoms with Crippen LogP contribution in [0.2, 0.25) is 0 Å². The van der Waals surface area contributed by atoms with Gasteiger partial charge in [0.2, 0.25) is 6.79 Å². The van der Waals surface area contributed by atoms with Crippen molar-refractivity contribution >= 4 is 17.2 Å². The number of likely N-dealkylation sites (tertiary alicyclic amines) is 1. The molecule has 6 rings (SSSR count). The maximum Gasteiger partial charge on any atom is 0.321 e. The molecule has 1 saturated heterocycles. The average molecular weight is 471 g/mol. The summed E-state index contributed by atoms with van der Waals surface area (Å²) in [7, 11) is 1.67. The zero-order valence-electron chi connectivity index (χ0n) is 19.4. The van der Waals surface area contributed by atoms with Crippen LogP contribution in [0.4, 0.5) is 10.5 Å². The fourth-order valence-electron chi connectivity index (χ4n) is 4.85. The van der Waals surface area contributed by atoms with Gasteiger partial charge in [0.25, 0.3) is 0 Å². The molecule has 0 unspecified atom stereocenters. The van der Waals surface area contributed by atoms with Gasteiger partial charge in [-0.3, -0.25) is 0 Å². The minimum atomic E-state index is -0.104. The van der Waals surface area contributed by atoms with Gasteiger partial charge in [-0.2, -0.15) is 0 Å². The summed E-state index contributed by atoms with van der Waals surface area (Å²) in [6, 6.07) is 19.5. The number of piperidine rings is 1. The van der Waals surface area contributed by atoms with E-state index in [9.17, 15) is 4.79 Å². The van der Waals surface area contributed by atoms with Gasteiger partial charge in [0.1, 0.15) is 11.6 Å². The quantitative estimate of drug-likeness (QED) is 0.446. The van der Waals surface area contributed by atoms with Crippen molar-refractivity contribution in [3.8, 4) is 28.5 Å². The third kappa shape index (κ3) is 4.01. The van der Waals surface area contributed by atoms with E-state index >= 15 is 0 Å². The van der Waals surface area contributed by atoms with Crippen LogP contribution in [0.5, 0.6) is 17.2 Å². The van der Waals surface area contributed by atoms with Crippen LogP contribution in [0.3, 0.4) is 0 Å².